The normalized spacial score (nSPS) is 24.3. The molecule has 0 radical (unpaired) electrons. The summed E-state index contributed by atoms with van der Waals surface area (Å²) < 4.78 is 5.82. The molecule has 3 heterocycles. The first-order chi connectivity index (χ1) is 12.3. The molecule has 0 unspecified atom stereocenters. The van der Waals surface area contributed by atoms with Crippen LogP contribution in [0.15, 0.2) is 36.5 Å². The maximum atomic E-state index is 13.1. The van der Waals surface area contributed by atoms with Gasteiger partial charge in [0, 0.05) is 37.3 Å². The van der Waals surface area contributed by atoms with E-state index in [1.54, 1.807) is 6.20 Å². The molecule has 0 aliphatic carbocycles. The van der Waals surface area contributed by atoms with Gasteiger partial charge < -0.3 is 9.64 Å². The molecule has 25 heavy (non-hydrogen) atoms. The van der Waals surface area contributed by atoms with Crippen molar-refractivity contribution in [3.8, 4) is 0 Å². The molecule has 2 atom stereocenters. The lowest BCUT2D eigenvalue weighted by Gasteiger charge is -2.48. The maximum Gasteiger partial charge on any atom is 0.254 e. The van der Waals surface area contributed by atoms with Gasteiger partial charge in [-0.05, 0) is 18.6 Å². The van der Waals surface area contributed by atoms with Crippen LogP contribution in [-0.4, -0.2) is 65.6 Å². The van der Waals surface area contributed by atoms with Crippen molar-refractivity contribution in [3.63, 3.8) is 0 Å². The van der Waals surface area contributed by atoms with Crippen molar-refractivity contribution in [2.75, 3.05) is 32.8 Å². The van der Waals surface area contributed by atoms with Crippen LogP contribution in [0.25, 0.3) is 10.9 Å². The highest BCUT2D eigenvalue weighted by Crippen LogP contribution is 2.24. The Morgan fingerprint density at radius 2 is 2.12 bits per heavy atom. The van der Waals surface area contributed by atoms with Crippen LogP contribution in [0.3, 0.4) is 0 Å². The molecule has 4 rings (SSSR count). The van der Waals surface area contributed by atoms with E-state index < -0.39 is 0 Å². The monoisotopic (exact) mass is 339 g/mol. The number of hydrogen-bond acceptors (Lipinski definition) is 4. The molecule has 1 amide bonds. The number of benzene rings is 1. The molecule has 0 spiro atoms. The largest absolute Gasteiger partial charge is 0.378 e. The van der Waals surface area contributed by atoms with Crippen LogP contribution in [0.1, 0.15) is 30.1 Å². The Balaban J connectivity index is 1.54. The van der Waals surface area contributed by atoms with E-state index in [-0.39, 0.29) is 5.91 Å². The van der Waals surface area contributed by atoms with Crippen molar-refractivity contribution in [1.82, 2.24) is 14.8 Å². The Morgan fingerprint density at radius 3 is 3.00 bits per heavy atom. The van der Waals surface area contributed by atoms with Crippen LogP contribution in [-0.2, 0) is 4.74 Å². The lowest BCUT2D eigenvalue weighted by molar-refractivity contribution is -0.0776. The summed E-state index contributed by atoms with van der Waals surface area (Å²) in [5.74, 6) is 0.107. The minimum absolute atomic E-state index is 0.107. The van der Waals surface area contributed by atoms with Gasteiger partial charge in [-0.1, -0.05) is 31.5 Å². The van der Waals surface area contributed by atoms with Crippen molar-refractivity contribution >= 4 is 16.8 Å². The highest BCUT2D eigenvalue weighted by molar-refractivity contribution is 6.06. The van der Waals surface area contributed by atoms with Crippen LogP contribution in [0, 0.1) is 0 Å². The minimum atomic E-state index is 0.107. The van der Waals surface area contributed by atoms with E-state index in [1.165, 1.54) is 12.8 Å². The molecular weight excluding hydrogens is 314 g/mol. The van der Waals surface area contributed by atoms with Crippen molar-refractivity contribution < 1.29 is 9.53 Å². The molecule has 2 fully saturated rings. The number of rotatable bonds is 3. The van der Waals surface area contributed by atoms with Crippen molar-refractivity contribution in [1.29, 1.82) is 0 Å². The number of piperazine rings is 1. The molecule has 1 aromatic carbocycles. The summed E-state index contributed by atoms with van der Waals surface area (Å²) in [6, 6.07) is 10.5. The molecule has 0 bridgehead atoms. The Kier molecular flexibility index (Phi) is 4.68. The van der Waals surface area contributed by atoms with Crippen LogP contribution < -0.4 is 0 Å². The number of carbonyl (C=O) groups excluding carboxylic acids is 1. The van der Waals surface area contributed by atoms with Gasteiger partial charge in [-0.25, -0.2) is 0 Å². The Hall–Kier alpha value is -1.98. The molecule has 5 heteroatoms. The van der Waals surface area contributed by atoms with Gasteiger partial charge in [-0.3, -0.25) is 14.7 Å². The topological polar surface area (TPSA) is 45.7 Å². The molecule has 5 nitrogen and oxygen atoms in total. The van der Waals surface area contributed by atoms with Gasteiger partial charge in [0.25, 0.3) is 5.91 Å². The third-order valence-corrected chi connectivity index (χ3v) is 5.41. The zero-order valence-corrected chi connectivity index (χ0v) is 14.7. The van der Waals surface area contributed by atoms with Crippen LogP contribution >= 0.6 is 0 Å². The predicted molar refractivity (Wildman–Crippen MR) is 97.7 cm³/mol. The molecule has 1 aromatic heterocycles. The molecule has 132 valence electrons. The van der Waals surface area contributed by atoms with E-state index in [4.69, 9.17) is 4.74 Å². The van der Waals surface area contributed by atoms with Crippen molar-refractivity contribution in [3.05, 3.63) is 42.1 Å². The number of nitrogens with zero attached hydrogens (tertiary/aromatic N) is 3. The van der Waals surface area contributed by atoms with Gasteiger partial charge in [-0.15, -0.1) is 0 Å². The third-order valence-electron chi connectivity index (χ3n) is 5.41. The van der Waals surface area contributed by atoms with Gasteiger partial charge in [0.2, 0.25) is 0 Å². The summed E-state index contributed by atoms with van der Waals surface area (Å²) in [5, 5.41) is 0.932. The summed E-state index contributed by atoms with van der Waals surface area (Å²) in [4.78, 5) is 22.0. The first-order valence-corrected chi connectivity index (χ1v) is 9.24. The van der Waals surface area contributed by atoms with E-state index >= 15 is 0 Å². The zero-order valence-electron chi connectivity index (χ0n) is 14.7. The fraction of sp³-hybridized carbons (Fsp3) is 0.500. The van der Waals surface area contributed by atoms with Crippen molar-refractivity contribution in [2.24, 2.45) is 0 Å². The highest BCUT2D eigenvalue weighted by atomic mass is 16.5. The van der Waals surface area contributed by atoms with E-state index in [1.807, 2.05) is 35.2 Å². The Labute approximate surface area is 148 Å². The minimum Gasteiger partial charge on any atom is -0.378 e. The lowest BCUT2D eigenvalue weighted by atomic mass is 10.0. The molecule has 2 aliphatic rings. The highest BCUT2D eigenvalue weighted by Gasteiger charge is 2.36. The standard InChI is InChI=1S/C20H25N3O2/c1-2-5-15-13-25-14-16-12-22(10-11-23(15)16)20(24)18-8-9-21-19-7-4-3-6-17(18)19/h3-4,6-9,15-16H,2,5,10-14H2,1H3/t15-,16+/m0/s1. The van der Waals surface area contributed by atoms with Gasteiger partial charge in [0.15, 0.2) is 0 Å². The van der Waals surface area contributed by atoms with Crippen molar-refractivity contribution in [2.45, 2.75) is 31.8 Å². The number of amides is 1. The van der Waals surface area contributed by atoms with Crippen LogP contribution in [0.4, 0.5) is 0 Å². The van der Waals surface area contributed by atoms with Gasteiger partial charge in [-0.2, -0.15) is 0 Å². The average Bonchev–Trinajstić information content (AvgIpc) is 2.67. The number of para-hydroxylation sites is 1. The van der Waals surface area contributed by atoms with Gasteiger partial charge >= 0.3 is 0 Å². The van der Waals surface area contributed by atoms with E-state index in [2.05, 4.69) is 16.8 Å². The van der Waals surface area contributed by atoms with E-state index in [9.17, 15) is 4.79 Å². The maximum absolute atomic E-state index is 13.1. The van der Waals surface area contributed by atoms with E-state index in [0.29, 0.717) is 12.1 Å². The molecule has 0 N–H and O–H groups in total. The van der Waals surface area contributed by atoms with Gasteiger partial charge in [0.05, 0.1) is 30.3 Å². The number of pyridine rings is 1. The van der Waals surface area contributed by atoms with Gasteiger partial charge in [0.1, 0.15) is 0 Å². The quantitative estimate of drug-likeness (QED) is 0.862. The second-order valence-electron chi connectivity index (χ2n) is 7.00. The number of ether oxygens (including phenoxy) is 1. The Bertz CT molecular complexity index is 756. The zero-order chi connectivity index (χ0) is 17.2. The Morgan fingerprint density at radius 1 is 1.24 bits per heavy atom. The first-order valence-electron chi connectivity index (χ1n) is 9.24. The fourth-order valence-electron chi connectivity index (χ4n) is 4.15. The number of aromatic nitrogens is 1. The molecule has 2 saturated heterocycles. The van der Waals surface area contributed by atoms with Crippen LogP contribution in [0.2, 0.25) is 0 Å². The summed E-state index contributed by atoms with van der Waals surface area (Å²) in [6.07, 6.45) is 4.06. The van der Waals surface area contributed by atoms with Crippen LogP contribution in [0.5, 0.6) is 0 Å². The molecule has 2 aliphatic heterocycles. The SMILES string of the molecule is CCC[C@H]1COC[C@H]2CN(C(=O)c3ccnc4ccccc34)CCN12. The van der Waals surface area contributed by atoms with E-state index in [0.717, 1.165) is 49.3 Å². The number of hydrogen-bond donors (Lipinski definition) is 0. The second-order valence-corrected chi connectivity index (χ2v) is 7.00. The number of carbonyl (C=O) groups is 1. The summed E-state index contributed by atoms with van der Waals surface area (Å²) in [7, 11) is 0. The second kappa shape index (κ2) is 7.10. The smallest absolute Gasteiger partial charge is 0.254 e. The number of morpholine rings is 1. The fourth-order valence-corrected chi connectivity index (χ4v) is 4.15. The lowest BCUT2D eigenvalue weighted by Crippen LogP contribution is -2.62. The number of fused-ring (bicyclic) bond motifs is 2. The summed E-state index contributed by atoms with van der Waals surface area (Å²) in [5.41, 5.74) is 1.62. The first kappa shape index (κ1) is 16.5. The molecule has 0 saturated carbocycles. The third kappa shape index (κ3) is 3.14. The molecular formula is C20H25N3O2. The summed E-state index contributed by atoms with van der Waals surface area (Å²) in [6.45, 7) is 6.24. The average molecular weight is 339 g/mol. The summed E-state index contributed by atoms with van der Waals surface area (Å²) >= 11 is 0. The molecule has 2 aromatic rings. The predicted octanol–water partition coefficient (Wildman–Crippen LogP) is 2.56.